The number of aromatic nitrogens is 2. The van der Waals surface area contributed by atoms with Crippen molar-refractivity contribution in [1.82, 2.24) is 19.8 Å². The van der Waals surface area contributed by atoms with Crippen molar-refractivity contribution in [3.05, 3.63) is 59.3 Å². The molecule has 1 N–H and O–H groups in total. The summed E-state index contributed by atoms with van der Waals surface area (Å²) in [6.07, 6.45) is 5.70. The standard InChI is InChI=1S/C26H34N6O3.C4H8.C2H6/c1-5-23(33)31-11-9-30(10-12-31)16-19-7-8-20(22(13-19)18(3)4)14-27-25-28-15-21-17-35-26(34)32(6-2)24(21)29-25;1-4-2-3-4;1-2/h5,7-8,13,15,18H,1,6,9-12,14,16-17H2,2-4H3,(H,27,28,29);4H,2-3H2,1H3;1-2H3. The molecule has 0 radical (unpaired) electrons. The van der Waals surface area contributed by atoms with Crippen molar-refractivity contribution in [2.45, 2.75) is 80.0 Å². The molecule has 1 saturated heterocycles. The Kier molecular flexibility index (Phi) is 12.1. The fourth-order valence-corrected chi connectivity index (χ4v) is 4.70. The van der Waals surface area contributed by atoms with Crippen LogP contribution in [0.25, 0.3) is 0 Å². The highest BCUT2D eigenvalue weighted by Crippen LogP contribution is 2.27. The lowest BCUT2D eigenvalue weighted by Crippen LogP contribution is -2.47. The molecule has 9 nitrogen and oxygen atoms in total. The molecule has 3 aliphatic rings. The molecule has 1 saturated carbocycles. The van der Waals surface area contributed by atoms with Gasteiger partial charge in [-0.05, 0) is 41.5 Å². The highest BCUT2D eigenvalue weighted by molar-refractivity contribution is 5.89. The number of ether oxygens (including phenoxy) is 1. The number of cyclic esters (lactones) is 1. The maximum absolute atomic E-state index is 12.0. The maximum atomic E-state index is 12.0. The molecule has 224 valence electrons. The minimum Gasteiger partial charge on any atom is -0.444 e. The molecule has 3 heterocycles. The predicted octanol–water partition coefficient (Wildman–Crippen LogP) is 5.96. The smallest absolute Gasteiger partial charge is 0.415 e. The lowest BCUT2D eigenvalue weighted by Gasteiger charge is -2.34. The second-order valence-corrected chi connectivity index (χ2v) is 10.9. The van der Waals surface area contributed by atoms with Gasteiger partial charge in [-0.3, -0.25) is 14.6 Å². The summed E-state index contributed by atoms with van der Waals surface area (Å²) >= 11 is 0. The van der Waals surface area contributed by atoms with Gasteiger partial charge in [0.05, 0.1) is 5.56 Å². The first kappa shape index (κ1) is 32.1. The Bertz CT molecular complexity index is 1170. The van der Waals surface area contributed by atoms with Gasteiger partial charge in [-0.1, -0.05) is 72.2 Å². The number of hydrogen-bond acceptors (Lipinski definition) is 7. The summed E-state index contributed by atoms with van der Waals surface area (Å²) in [7, 11) is 0. The second kappa shape index (κ2) is 15.5. The van der Waals surface area contributed by atoms with Gasteiger partial charge in [-0.25, -0.2) is 9.78 Å². The Labute approximate surface area is 246 Å². The first-order chi connectivity index (χ1) is 19.8. The fourth-order valence-electron chi connectivity index (χ4n) is 4.70. The third-order valence-electron chi connectivity index (χ3n) is 7.39. The van der Waals surface area contributed by atoms with Crippen LogP contribution in [0.15, 0.2) is 37.1 Å². The number of piperazine rings is 1. The Morgan fingerprint density at radius 2 is 1.88 bits per heavy atom. The van der Waals surface area contributed by atoms with Gasteiger partial charge in [-0.15, -0.1) is 0 Å². The van der Waals surface area contributed by atoms with E-state index in [9.17, 15) is 9.59 Å². The van der Waals surface area contributed by atoms with Crippen molar-refractivity contribution in [2.24, 2.45) is 5.92 Å². The first-order valence-corrected chi connectivity index (χ1v) is 15.1. The molecule has 1 aliphatic carbocycles. The van der Waals surface area contributed by atoms with Crippen LogP contribution in [0.2, 0.25) is 0 Å². The van der Waals surface area contributed by atoms with Gasteiger partial charge >= 0.3 is 6.09 Å². The third-order valence-corrected chi connectivity index (χ3v) is 7.39. The number of carbonyl (C=O) groups excluding carboxylic acids is 2. The lowest BCUT2D eigenvalue weighted by atomic mass is 9.94. The van der Waals surface area contributed by atoms with Gasteiger partial charge in [0.2, 0.25) is 11.9 Å². The van der Waals surface area contributed by atoms with Crippen molar-refractivity contribution in [1.29, 1.82) is 0 Å². The molecule has 1 aromatic carbocycles. The van der Waals surface area contributed by atoms with E-state index in [1.54, 1.807) is 6.20 Å². The Morgan fingerprint density at radius 1 is 1.20 bits per heavy atom. The summed E-state index contributed by atoms with van der Waals surface area (Å²) in [5, 5.41) is 3.33. The van der Waals surface area contributed by atoms with Crippen LogP contribution in [0.3, 0.4) is 0 Å². The summed E-state index contributed by atoms with van der Waals surface area (Å²) < 4.78 is 5.17. The first-order valence-electron chi connectivity index (χ1n) is 15.1. The van der Waals surface area contributed by atoms with Gasteiger partial charge in [-0.2, -0.15) is 4.98 Å². The van der Waals surface area contributed by atoms with Crippen molar-refractivity contribution in [3.63, 3.8) is 0 Å². The van der Waals surface area contributed by atoms with E-state index < -0.39 is 0 Å². The fraction of sp³-hybridized carbons (Fsp3) is 0.562. The molecule has 2 aliphatic heterocycles. The van der Waals surface area contributed by atoms with Crippen LogP contribution >= 0.6 is 0 Å². The van der Waals surface area contributed by atoms with E-state index in [-0.39, 0.29) is 18.6 Å². The highest BCUT2D eigenvalue weighted by atomic mass is 16.6. The molecule has 1 aromatic heterocycles. The quantitative estimate of drug-likeness (QED) is 0.396. The zero-order chi connectivity index (χ0) is 29.9. The van der Waals surface area contributed by atoms with E-state index in [4.69, 9.17) is 4.74 Å². The van der Waals surface area contributed by atoms with Crippen LogP contribution in [0.1, 0.15) is 82.6 Å². The Hall–Kier alpha value is -3.46. The summed E-state index contributed by atoms with van der Waals surface area (Å²) in [6.45, 7) is 21.5. The van der Waals surface area contributed by atoms with Crippen LogP contribution in [0, 0.1) is 5.92 Å². The minimum atomic E-state index is -0.379. The Balaban J connectivity index is 0.000000695. The molecule has 9 heteroatoms. The molecule has 2 fully saturated rings. The number of nitrogens with one attached hydrogen (secondary N) is 1. The molecule has 0 atom stereocenters. The number of anilines is 2. The van der Waals surface area contributed by atoms with E-state index in [0.717, 1.165) is 44.2 Å². The monoisotopic (exact) mass is 564 g/mol. The highest BCUT2D eigenvalue weighted by Gasteiger charge is 2.26. The summed E-state index contributed by atoms with van der Waals surface area (Å²) in [4.78, 5) is 38.6. The van der Waals surface area contributed by atoms with Crippen molar-refractivity contribution >= 4 is 23.8 Å². The van der Waals surface area contributed by atoms with E-state index >= 15 is 0 Å². The minimum absolute atomic E-state index is 0.00818. The van der Waals surface area contributed by atoms with Crippen LogP contribution in [0.4, 0.5) is 16.6 Å². The van der Waals surface area contributed by atoms with Crippen LogP contribution in [-0.2, 0) is 29.2 Å². The lowest BCUT2D eigenvalue weighted by molar-refractivity contribution is -0.127. The molecule has 0 unspecified atom stereocenters. The van der Waals surface area contributed by atoms with Gasteiger partial charge in [0.15, 0.2) is 0 Å². The summed E-state index contributed by atoms with van der Waals surface area (Å²) in [6, 6.07) is 6.63. The SMILES string of the molecule is C=CC(=O)N1CCN(Cc2ccc(CNc3ncc4c(n3)N(CC)C(=O)OC4)c(C(C)C)c2)CC1.CC.CC1CC1. The second-order valence-electron chi connectivity index (χ2n) is 10.9. The zero-order valence-electron chi connectivity index (χ0n) is 25.8. The van der Waals surface area contributed by atoms with E-state index in [0.29, 0.717) is 30.8 Å². The van der Waals surface area contributed by atoms with Crippen LogP contribution in [-0.4, -0.2) is 64.5 Å². The van der Waals surface area contributed by atoms with E-state index in [1.807, 2.05) is 25.7 Å². The van der Waals surface area contributed by atoms with E-state index in [1.165, 1.54) is 40.5 Å². The molecule has 0 bridgehead atoms. The largest absolute Gasteiger partial charge is 0.444 e. The van der Waals surface area contributed by atoms with Gasteiger partial charge in [0.1, 0.15) is 12.4 Å². The number of fused-ring (bicyclic) bond motifs is 1. The summed E-state index contributed by atoms with van der Waals surface area (Å²) in [5.74, 6) is 2.55. The third kappa shape index (κ3) is 9.01. The number of amides is 2. The van der Waals surface area contributed by atoms with Crippen molar-refractivity contribution in [3.8, 4) is 0 Å². The topological polar surface area (TPSA) is 90.9 Å². The van der Waals surface area contributed by atoms with E-state index in [2.05, 4.69) is 65.7 Å². The average molecular weight is 565 g/mol. The predicted molar refractivity (Wildman–Crippen MR) is 165 cm³/mol. The molecule has 2 aromatic rings. The number of nitrogens with zero attached hydrogens (tertiary/aromatic N) is 5. The zero-order valence-corrected chi connectivity index (χ0v) is 25.8. The molecule has 2 amide bonds. The molecule has 41 heavy (non-hydrogen) atoms. The van der Waals surface area contributed by atoms with Crippen molar-refractivity contribution in [2.75, 3.05) is 42.9 Å². The Morgan fingerprint density at radius 3 is 2.46 bits per heavy atom. The number of rotatable bonds is 8. The molecule has 5 rings (SSSR count). The molecular weight excluding hydrogens is 516 g/mol. The molecule has 0 spiro atoms. The van der Waals surface area contributed by atoms with Crippen LogP contribution in [0.5, 0.6) is 0 Å². The van der Waals surface area contributed by atoms with Gasteiger partial charge < -0.3 is 15.0 Å². The number of benzene rings is 1. The maximum Gasteiger partial charge on any atom is 0.415 e. The summed E-state index contributed by atoms with van der Waals surface area (Å²) in [5.41, 5.74) is 4.55. The normalized spacial score (nSPS) is 16.5. The van der Waals surface area contributed by atoms with Crippen molar-refractivity contribution < 1.29 is 14.3 Å². The van der Waals surface area contributed by atoms with Crippen LogP contribution < -0.4 is 10.2 Å². The van der Waals surface area contributed by atoms with Gasteiger partial charge in [0.25, 0.3) is 0 Å². The molecular formula is C32H48N6O3. The van der Waals surface area contributed by atoms with Gasteiger partial charge in [0, 0.05) is 52.0 Å². The average Bonchev–Trinajstić information content (AvgIpc) is 3.79. The number of hydrogen-bond donors (Lipinski definition) is 1. The number of carbonyl (C=O) groups is 2.